The highest BCUT2D eigenvalue weighted by Gasteiger charge is 2.64. The van der Waals surface area contributed by atoms with Crippen LogP contribution in [0.15, 0.2) is 34.8 Å². The fraction of sp³-hybridized carbons (Fsp3) is 0.786. The Morgan fingerprint density at radius 1 is 1.00 bits per heavy atom. The summed E-state index contributed by atoms with van der Waals surface area (Å²) in [5.41, 5.74) is -1.61. The normalized spacial score (nSPS) is 41.9. The molecule has 0 radical (unpaired) electrons. The van der Waals surface area contributed by atoms with Crippen LogP contribution in [-0.4, -0.2) is 58.8 Å². The summed E-state index contributed by atoms with van der Waals surface area (Å²) in [5.74, 6) is -4.05. The predicted octanol–water partition coefficient (Wildman–Crippen LogP) is 3.62. The number of allylic oxidation sites excluding steroid dienone is 3. The van der Waals surface area contributed by atoms with Gasteiger partial charge in [0.25, 0.3) is 0 Å². The highest BCUT2D eigenvalue weighted by atomic mass is 16.5. The van der Waals surface area contributed by atoms with Crippen molar-refractivity contribution in [2.24, 2.45) is 34.5 Å². The molecule has 198 valence electrons. The topological polar surface area (TPSA) is 142 Å². The molecule has 7 heteroatoms. The third kappa shape index (κ3) is 3.98. The van der Waals surface area contributed by atoms with Crippen molar-refractivity contribution in [3.8, 4) is 0 Å². The van der Waals surface area contributed by atoms with Gasteiger partial charge in [0, 0.05) is 24.7 Å². The van der Waals surface area contributed by atoms with E-state index in [1.54, 1.807) is 6.92 Å². The second-order valence-electron chi connectivity index (χ2n) is 13.1. The fourth-order valence-electron chi connectivity index (χ4n) is 7.96. The van der Waals surface area contributed by atoms with Crippen molar-refractivity contribution >= 4 is 0 Å². The van der Waals surface area contributed by atoms with Crippen LogP contribution in [0.5, 0.6) is 0 Å². The average molecular weight is 493 g/mol. The molecule has 8 atom stereocenters. The minimum Gasteiger partial charge on any atom is -0.508 e. The monoisotopic (exact) mass is 492 g/mol. The number of hydrogen-bond acceptors (Lipinski definition) is 7. The lowest BCUT2D eigenvalue weighted by Crippen LogP contribution is -2.53. The first-order chi connectivity index (χ1) is 15.9. The zero-order chi connectivity index (χ0) is 26.4. The van der Waals surface area contributed by atoms with Crippen LogP contribution in [0.2, 0.25) is 0 Å². The Kier molecular flexibility index (Phi) is 6.14. The second-order valence-corrected chi connectivity index (χ2v) is 13.1. The maximum Gasteiger partial charge on any atom is 0.166 e. The average Bonchev–Trinajstić information content (AvgIpc) is 3.02. The van der Waals surface area contributed by atoms with Gasteiger partial charge in [-0.3, -0.25) is 0 Å². The van der Waals surface area contributed by atoms with Crippen molar-refractivity contribution < 1.29 is 35.7 Å². The zero-order valence-electron chi connectivity index (χ0n) is 21.9. The van der Waals surface area contributed by atoms with Gasteiger partial charge in [-0.05, 0) is 69.1 Å². The maximum atomic E-state index is 11.6. The van der Waals surface area contributed by atoms with Crippen molar-refractivity contribution in [2.75, 3.05) is 0 Å². The lowest BCUT2D eigenvalue weighted by molar-refractivity contribution is -0.183. The molecule has 35 heavy (non-hydrogen) atoms. The zero-order valence-corrected chi connectivity index (χ0v) is 21.9. The van der Waals surface area contributed by atoms with Gasteiger partial charge >= 0.3 is 0 Å². The Hall–Kier alpha value is -1.38. The maximum absolute atomic E-state index is 11.6. The molecule has 0 amide bonds. The van der Waals surface area contributed by atoms with Gasteiger partial charge < -0.3 is 35.7 Å². The minimum atomic E-state index is -1.89. The molecule has 7 nitrogen and oxygen atoms in total. The molecule has 1 unspecified atom stereocenters. The quantitative estimate of drug-likeness (QED) is 0.235. The number of hydrogen-bond donors (Lipinski definition) is 7. The first-order valence-electron chi connectivity index (χ1n) is 13.0. The third-order valence-electron chi connectivity index (χ3n) is 10.4. The first kappa shape index (κ1) is 26.7. The van der Waals surface area contributed by atoms with E-state index in [0.29, 0.717) is 19.3 Å². The predicted molar refractivity (Wildman–Crippen MR) is 132 cm³/mol. The Bertz CT molecular complexity index is 968. The molecule has 0 saturated heterocycles. The highest BCUT2D eigenvalue weighted by molar-refractivity contribution is 5.40. The number of fused-ring (bicyclic) bond motifs is 5. The summed E-state index contributed by atoms with van der Waals surface area (Å²) in [6.07, 6.45) is 6.44. The van der Waals surface area contributed by atoms with Crippen LogP contribution in [0, 0.1) is 34.5 Å². The van der Waals surface area contributed by atoms with Crippen LogP contribution in [0.25, 0.3) is 0 Å². The molecule has 0 heterocycles. The lowest BCUT2D eigenvalue weighted by atomic mass is 9.49. The molecule has 0 bridgehead atoms. The van der Waals surface area contributed by atoms with Gasteiger partial charge in [-0.15, -0.1) is 0 Å². The molecule has 4 aliphatic carbocycles. The summed E-state index contributed by atoms with van der Waals surface area (Å²) in [6, 6.07) is 0. The summed E-state index contributed by atoms with van der Waals surface area (Å²) in [5, 5.41) is 75.5. The largest absolute Gasteiger partial charge is 0.508 e. The van der Waals surface area contributed by atoms with Gasteiger partial charge in [-0.1, -0.05) is 44.1 Å². The van der Waals surface area contributed by atoms with Crippen LogP contribution >= 0.6 is 0 Å². The first-order valence-corrected chi connectivity index (χ1v) is 13.0. The Morgan fingerprint density at radius 2 is 1.63 bits per heavy atom. The molecule has 4 aliphatic rings. The van der Waals surface area contributed by atoms with Gasteiger partial charge in [-0.25, -0.2) is 0 Å². The van der Waals surface area contributed by atoms with Gasteiger partial charge in [-0.2, -0.15) is 0 Å². The fourth-order valence-corrected chi connectivity index (χ4v) is 7.96. The molecule has 3 saturated carbocycles. The van der Waals surface area contributed by atoms with E-state index >= 15 is 0 Å². The van der Waals surface area contributed by atoms with E-state index in [2.05, 4.69) is 19.9 Å². The van der Waals surface area contributed by atoms with E-state index < -0.39 is 51.9 Å². The number of aliphatic hydroxyl groups excluding tert-OH is 3. The molecule has 3 fully saturated rings. The van der Waals surface area contributed by atoms with Crippen LogP contribution < -0.4 is 0 Å². The molecule has 4 rings (SSSR count). The van der Waals surface area contributed by atoms with E-state index in [0.717, 1.165) is 18.4 Å². The molecule has 7 N–H and O–H groups in total. The van der Waals surface area contributed by atoms with Gasteiger partial charge in [0.2, 0.25) is 0 Å². The van der Waals surface area contributed by atoms with E-state index in [1.165, 1.54) is 26.3 Å². The second kappa shape index (κ2) is 8.06. The molecule has 0 aromatic heterocycles. The van der Waals surface area contributed by atoms with Crippen molar-refractivity contribution in [1.29, 1.82) is 0 Å². The molecule has 0 aromatic rings. The molecular weight excluding hydrogens is 448 g/mol. The van der Waals surface area contributed by atoms with Gasteiger partial charge in [0.05, 0.1) is 11.7 Å². The van der Waals surface area contributed by atoms with Crippen LogP contribution in [0.4, 0.5) is 0 Å². The van der Waals surface area contributed by atoms with Crippen molar-refractivity contribution in [1.82, 2.24) is 0 Å². The summed E-state index contributed by atoms with van der Waals surface area (Å²) >= 11 is 0. The lowest BCUT2D eigenvalue weighted by Gasteiger charge is -2.56. The van der Waals surface area contributed by atoms with Gasteiger partial charge in [0.15, 0.2) is 11.5 Å². The smallest absolute Gasteiger partial charge is 0.166 e. The number of aliphatic hydroxyl groups is 7. The molecule has 0 aliphatic heterocycles. The minimum absolute atomic E-state index is 0.0149. The Labute approximate surface area is 208 Å². The van der Waals surface area contributed by atoms with Crippen LogP contribution in [0.1, 0.15) is 80.1 Å². The van der Waals surface area contributed by atoms with Gasteiger partial charge in [0.1, 0.15) is 11.4 Å². The highest BCUT2D eigenvalue weighted by Crippen LogP contribution is 2.67. The summed E-state index contributed by atoms with van der Waals surface area (Å²) in [7, 11) is 0. The standard InChI is InChI=1S/C28H44O7/c1-15(24(2,3)32)21(30)23(31)27(6,33)22-20(29)13-19-17-8-7-16-14-28(34,35)12-11-25(16,4)18(17)9-10-26(19,22)5/h7-8,15,18-20,22,29-35H,9-14H2,1-6H3/t15-,18-,19-,20?,22-,25-,26-,27+/m0/s1. The van der Waals surface area contributed by atoms with Crippen LogP contribution in [-0.2, 0) is 0 Å². The summed E-state index contributed by atoms with van der Waals surface area (Å²) < 4.78 is 0. The summed E-state index contributed by atoms with van der Waals surface area (Å²) in [4.78, 5) is 0. The van der Waals surface area contributed by atoms with Crippen molar-refractivity contribution in [2.45, 2.75) is 103 Å². The van der Waals surface area contributed by atoms with E-state index in [1.807, 2.05) is 6.08 Å². The Morgan fingerprint density at radius 3 is 2.23 bits per heavy atom. The van der Waals surface area contributed by atoms with E-state index in [4.69, 9.17) is 0 Å². The summed E-state index contributed by atoms with van der Waals surface area (Å²) in [6.45, 7) is 10.3. The Balaban J connectivity index is 1.71. The van der Waals surface area contributed by atoms with E-state index in [9.17, 15) is 35.7 Å². The van der Waals surface area contributed by atoms with Crippen LogP contribution in [0.3, 0.4) is 0 Å². The molecular formula is C28H44O7. The third-order valence-corrected chi connectivity index (χ3v) is 10.4. The van der Waals surface area contributed by atoms with Crippen molar-refractivity contribution in [3.63, 3.8) is 0 Å². The molecule has 0 aromatic carbocycles. The SMILES string of the molecule is C[C@@H](C(O)=C(O)[C@](C)(O)[C@H]1C(O)C[C@H]2C3=CC=C4CC(O)(O)CC[C@]4(C)[C@H]3CC[C@@]21C)C(C)(C)O. The van der Waals surface area contributed by atoms with E-state index in [-0.39, 0.29) is 23.7 Å². The van der Waals surface area contributed by atoms with Crippen molar-refractivity contribution in [3.05, 3.63) is 34.8 Å². The number of rotatable bonds is 4. The molecule has 0 spiro atoms.